The van der Waals surface area contributed by atoms with Gasteiger partial charge in [-0.15, -0.1) is 0 Å². The molecular weight excluding hydrogens is 436 g/mol. The van der Waals surface area contributed by atoms with Gasteiger partial charge in [0.1, 0.15) is 0 Å². The molecular formula is C26H24N2O6. The second-order valence-electron chi connectivity index (χ2n) is 8.71. The Morgan fingerprint density at radius 1 is 1.15 bits per heavy atom. The number of pyridine rings is 1. The van der Waals surface area contributed by atoms with Gasteiger partial charge in [0.2, 0.25) is 6.79 Å². The molecule has 2 aromatic carbocycles. The molecule has 1 unspecified atom stereocenters. The van der Waals surface area contributed by atoms with E-state index in [1.807, 2.05) is 24.3 Å². The predicted molar refractivity (Wildman–Crippen MR) is 124 cm³/mol. The largest absolute Gasteiger partial charge is 0.454 e. The molecule has 2 aliphatic rings. The van der Waals surface area contributed by atoms with Gasteiger partial charge in [0.15, 0.2) is 23.9 Å². The number of carbonyl (C=O) groups excluding carboxylic acids is 3. The zero-order valence-electron chi connectivity index (χ0n) is 19.0. The third-order valence-corrected chi connectivity index (χ3v) is 6.21. The Morgan fingerprint density at radius 2 is 1.91 bits per heavy atom. The van der Waals surface area contributed by atoms with E-state index in [1.165, 1.54) is 19.1 Å². The van der Waals surface area contributed by atoms with Gasteiger partial charge in [-0.3, -0.25) is 14.6 Å². The molecule has 1 amide bonds. The molecule has 0 bridgehead atoms. The predicted octanol–water partition coefficient (Wildman–Crippen LogP) is 4.09. The smallest absolute Gasteiger partial charge is 0.339 e. The molecule has 8 nitrogen and oxygen atoms in total. The third kappa shape index (κ3) is 4.07. The summed E-state index contributed by atoms with van der Waals surface area (Å²) in [4.78, 5) is 42.7. The lowest BCUT2D eigenvalue weighted by Crippen LogP contribution is -2.24. The van der Waals surface area contributed by atoms with E-state index in [0.717, 1.165) is 41.4 Å². The highest BCUT2D eigenvalue weighted by Gasteiger charge is 2.27. The van der Waals surface area contributed by atoms with Gasteiger partial charge in [0, 0.05) is 22.7 Å². The zero-order chi connectivity index (χ0) is 23.8. The number of rotatable bonds is 5. The molecule has 8 heteroatoms. The van der Waals surface area contributed by atoms with Gasteiger partial charge in [-0.05, 0) is 49.8 Å². The highest BCUT2D eigenvalue weighted by Crippen LogP contribution is 2.37. The number of nitrogens with zero attached hydrogens (tertiary/aromatic N) is 1. The fraction of sp³-hybridized carbons (Fsp3) is 0.308. The molecule has 174 valence electrons. The first-order valence-corrected chi connectivity index (χ1v) is 11.2. The van der Waals surface area contributed by atoms with E-state index in [1.54, 1.807) is 0 Å². The van der Waals surface area contributed by atoms with Crippen LogP contribution in [0.3, 0.4) is 0 Å². The molecule has 5 rings (SSSR count). The van der Waals surface area contributed by atoms with Crippen molar-refractivity contribution in [2.75, 3.05) is 18.7 Å². The Labute approximate surface area is 196 Å². The molecule has 1 atom stereocenters. The Morgan fingerprint density at radius 3 is 2.71 bits per heavy atom. The molecule has 2 heterocycles. The summed E-state index contributed by atoms with van der Waals surface area (Å²) in [7, 11) is 0. The molecule has 0 fully saturated rings. The lowest BCUT2D eigenvalue weighted by Gasteiger charge is -2.24. The molecule has 0 spiro atoms. The Kier molecular flexibility index (Phi) is 5.65. The van der Waals surface area contributed by atoms with Crippen LogP contribution in [0.25, 0.3) is 10.9 Å². The Bertz CT molecular complexity index is 1330. The molecule has 34 heavy (non-hydrogen) atoms. The van der Waals surface area contributed by atoms with Gasteiger partial charge in [0.05, 0.1) is 16.8 Å². The van der Waals surface area contributed by atoms with E-state index in [9.17, 15) is 14.4 Å². The van der Waals surface area contributed by atoms with Crippen molar-refractivity contribution in [3.05, 3.63) is 58.8 Å². The van der Waals surface area contributed by atoms with Crippen LogP contribution in [0.1, 0.15) is 52.2 Å². The number of para-hydroxylation sites is 1. The number of ether oxygens (including phenoxy) is 3. The van der Waals surface area contributed by atoms with Crippen LogP contribution in [-0.4, -0.2) is 36.0 Å². The van der Waals surface area contributed by atoms with Crippen LogP contribution in [0.4, 0.5) is 5.69 Å². The summed E-state index contributed by atoms with van der Waals surface area (Å²) in [5, 5.41) is 3.37. The number of esters is 1. The number of benzene rings is 2. The average Bonchev–Trinajstić information content (AvgIpc) is 3.28. The van der Waals surface area contributed by atoms with Crippen molar-refractivity contribution in [2.24, 2.45) is 5.92 Å². The van der Waals surface area contributed by atoms with Gasteiger partial charge in [0.25, 0.3) is 5.91 Å². The quantitative estimate of drug-likeness (QED) is 0.452. The fourth-order valence-corrected chi connectivity index (χ4v) is 4.52. The summed E-state index contributed by atoms with van der Waals surface area (Å²) in [6, 6.07) is 10.5. The number of Topliss-reactive ketones (excluding diaryl/α,β-unsaturated/α-hetero) is 1. The van der Waals surface area contributed by atoms with E-state index in [4.69, 9.17) is 19.2 Å². The minimum Gasteiger partial charge on any atom is -0.454 e. The Balaban J connectivity index is 1.37. The highest BCUT2D eigenvalue weighted by atomic mass is 16.7. The van der Waals surface area contributed by atoms with Crippen LogP contribution < -0.4 is 14.8 Å². The van der Waals surface area contributed by atoms with Crippen molar-refractivity contribution in [3.8, 4) is 11.5 Å². The molecule has 0 radical (unpaired) electrons. The van der Waals surface area contributed by atoms with E-state index in [2.05, 4.69) is 12.2 Å². The van der Waals surface area contributed by atoms with Crippen molar-refractivity contribution in [1.82, 2.24) is 4.98 Å². The minimum absolute atomic E-state index is 0.0461. The van der Waals surface area contributed by atoms with Crippen molar-refractivity contribution in [1.29, 1.82) is 0 Å². The first-order valence-electron chi connectivity index (χ1n) is 11.2. The van der Waals surface area contributed by atoms with Crippen molar-refractivity contribution in [3.63, 3.8) is 0 Å². The van der Waals surface area contributed by atoms with Gasteiger partial charge in [-0.1, -0.05) is 25.1 Å². The maximum Gasteiger partial charge on any atom is 0.339 e. The minimum atomic E-state index is -0.560. The van der Waals surface area contributed by atoms with Crippen molar-refractivity contribution < 1.29 is 28.6 Å². The van der Waals surface area contributed by atoms with Crippen LogP contribution in [0, 0.1) is 5.92 Å². The van der Waals surface area contributed by atoms with Gasteiger partial charge < -0.3 is 19.5 Å². The summed E-state index contributed by atoms with van der Waals surface area (Å²) in [6.07, 6.45) is 2.56. The monoisotopic (exact) mass is 460 g/mol. The molecule has 1 aliphatic heterocycles. The lowest BCUT2D eigenvalue weighted by molar-refractivity contribution is -0.119. The third-order valence-electron chi connectivity index (χ3n) is 6.21. The second kappa shape index (κ2) is 8.78. The van der Waals surface area contributed by atoms with E-state index in [-0.39, 0.29) is 23.8 Å². The van der Waals surface area contributed by atoms with Crippen LogP contribution in [0.5, 0.6) is 11.5 Å². The molecule has 1 aromatic heterocycles. The van der Waals surface area contributed by atoms with Gasteiger partial charge in [-0.25, -0.2) is 4.79 Å². The highest BCUT2D eigenvalue weighted by molar-refractivity contribution is 6.07. The molecule has 1 N–H and O–H groups in total. The number of nitrogens with one attached hydrogen (secondary N) is 1. The van der Waals surface area contributed by atoms with Crippen molar-refractivity contribution >= 4 is 34.3 Å². The van der Waals surface area contributed by atoms with Crippen LogP contribution in [-0.2, 0) is 22.4 Å². The number of aromatic nitrogens is 1. The first-order chi connectivity index (χ1) is 16.4. The first kappa shape index (κ1) is 21.9. The number of ketones is 1. The lowest BCUT2D eigenvalue weighted by atomic mass is 9.84. The maximum absolute atomic E-state index is 13.2. The maximum atomic E-state index is 13.2. The summed E-state index contributed by atoms with van der Waals surface area (Å²) in [5.41, 5.74) is 3.59. The fourth-order valence-electron chi connectivity index (χ4n) is 4.52. The normalized spacial score (nSPS) is 16.1. The molecule has 0 saturated heterocycles. The Hall–Kier alpha value is -3.94. The van der Waals surface area contributed by atoms with E-state index in [0.29, 0.717) is 23.0 Å². The number of hydrogen-bond donors (Lipinski definition) is 1. The summed E-state index contributed by atoms with van der Waals surface area (Å²) in [5.74, 6) is -0.0534. The van der Waals surface area contributed by atoms with E-state index < -0.39 is 18.5 Å². The van der Waals surface area contributed by atoms with Crippen LogP contribution in [0.15, 0.2) is 36.4 Å². The number of carbonyl (C=O) groups is 3. The number of aryl methyl sites for hydroxylation is 1. The van der Waals surface area contributed by atoms with Crippen LogP contribution >= 0.6 is 0 Å². The second-order valence-corrected chi connectivity index (χ2v) is 8.71. The molecule has 1 aliphatic carbocycles. The van der Waals surface area contributed by atoms with E-state index >= 15 is 0 Å². The summed E-state index contributed by atoms with van der Waals surface area (Å²) < 4.78 is 16.1. The number of hydrogen-bond acceptors (Lipinski definition) is 7. The zero-order valence-corrected chi connectivity index (χ0v) is 19.0. The standard InChI is InChI=1S/C26H24N2O6/c1-14-7-8-20-18(9-14)25(16-5-3-4-6-19(16)27-20)26(31)32-12-24(30)28-21-11-23-22(33-13-34-23)10-17(21)15(2)29/h3-6,10-11,14H,7-9,12-13H2,1-2H3,(H,28,30). The number of fused-ring (bicyclic) bond motifs is 3. The topological polar surface area (TPSA) is 104 Å². The summed E-state index contributed by atoms with van der Waals surface area (Å²) >= 11 is 0. The van der Waals surface area contributed by atoms with Gasteiger partial charge >= 0.3 is 5.97 Å². The average molecular weight is 460 g/mol. The van der Waals surface area contributed by atoms with Gasteiger partial charge in [-0.2, -0.15) is 0 Å². The summed E-state index contributed by atoms with van der Waals surface area (Å²) in [6.45, 7) is 3.10. The van der Waals surface area contributed by atoms with Crippen LogP contribution in [0.2, 0.25) is 0 Å². The number of amides is 1. The molecule has 3 aromatic rings. The number of anilines is 1. The SMILES string of the molecule is CC(=O)c1cc2c(cc1NC(=O)COC(=O)c1c3c(nc4ccccc14)CCC(C)C3)OCO2. The van der Waals surface area contributed by atoms with Crippen molar-refractivity contribution in [2.45, 2.75) is 33.1 Å². The molecule has 0 saturated carbocycles.